The summed E-state index contributed by atoms with van der Waals surface area (Å²) < 4.78 is 6.26. The number of ether oxygens (including phenoxy) is 1. The zero-order valence-electron chi connectivity index (χ0n) is 17.4. The summed E-state index contributed by atoms with van der Waals surface area (Å²) in [4.78, 5) is 0. The number of allylic oxidation sites excluding steroid dienone is 2. The zero-order chi connectivity index (χ0) is 20.3. The average Bonchev–Trinajstić information content (AvgIpc) is 3.38. The molecule has 3 heterocycles. The number of rotatable bonds is 3. The predicted octanol–water partition coefficient (Wildman–Crippen LogP) is 3.45. The van der Waals surface area contributed by atoms with Crippen LogP contribution in [0.25, 0.3) is 0 Å². The first-order chi connectivity index (χ1) is 14.6. The summed E-state index contributed by atoms with van der Waals surface area (Å²) in [6.07, 6.45) is 15.8. The lowest BCUT2D eigenvalue weighted by Crippen LogP contribution is -2.40. The molecule has 3 fully saturated rings. The van der Waals surface area contributed by atoms with Crippen molar-refractivity contribution in [2.75, 3.05) is 5.32 Å². The predicted molar refractivity (Wildman–Crippen MR) is 113 cm³/mol. The maximum Gasteiger partial charge on any atom is 0.155 e. The topological polar surface area (TPSA) is 87.5 Å². The van der Waals surface area contributed by atoms with E-state index in [2.05, 4.69) is 21.6 Å². The van der Waals surface area contributed by atoms with Crippen LogP contribution in [0, 0.1) is 5.92 Å². The molecule has 5 aliphatic rings. The van der Waals surface area contributed by atoms with Gasteiger partial charge >= 0.3 is 0 Å². The molecule has 2 unspecified atom stereocenters. The van der Waals surface area contributed by atoms with E-state index in [0.717, 1.165) is 86.8 Å². The highest BCUT2D eigenvalue weighted by atomic mass is 16.5. The first kappa shape index (κ1) is 19.0. The highest BCUT2D eigenvalue weighted by molar-refractivity contribution is 5.55. The summed E-state index contributed by atoms with van der Waals surface area (Å²) in [6, 6.07) is 0.00385. The van der Waals surface area contributed by atoms with Gasteiger partial charge in [-0.3, -0.25) is 0 Å². The van der Waals surface area contributed by atoms with Crippen LogP contribution in [0.1, 0.15) is 80.7 Å². The molecule has 1 aromatic rings. The van der Waals surface area contributed by atoms with Crippen LogP contribution in [-0.2, 0) is 16.8 Å². The number of hydrogen-bond donors (Lipinski definition) is 3. The monoisotopic (exact) mass is 409 g/mol. The third-order valence-corrected chi connectivity index (χ3v) is 8.01. The van der Waals surface area contributed by atoms with Crippen LogP contribution in [0.15, 0.2) is 23.8 Å². The van der Waals surface area contributed by atoms with Gasteiger partial charge in [-0.15, -0.1) is 10.2 Å². The van der Waals surface area contributed by atoms with E-state index >= 15 is 0 Å². The molecule has 2 aliphatic heterocycles. The Bertz CT molecular complexity index is 913. The molecule has 160 valence electrons. The van der Waals surface area contributed by atoms with Crippen LogP contribution >= 0.6 is 0 Å². The number of nitrogens with one attached hydrogen (secondary N) is 1. The van der Waals surface area contributed by atoms with Crippen LogP contribution in [0.4, 0.5) is 5.82 Å². The summed E-state index contributed by atoms with van der Waals surface area (Å²) in [7, 11) is 0. The van der Waals surface area contributed by atoms with Gasteiger partial charge in [0.1, 0.15) is 11.3 Å². The Hall–Kier alpha value is -1.76. The maximum atomic E-state index is 11.9. The van der Waals surface area contributed by atoms with E-state index in [1.54, 1.807) is 0 Å². The summed E-state index contributed by atoms with van der Waals surface area (Å²) in [5.74, 6) is 0.844. The normalized spacial score (nSPS) is 39.4. The van der Waals surface area contributed by atoms with E-state index in [9.17, 15) is 10.2 Å². The van der Waals surface area contributed by atoms with Crippen LogP contribution in [-0.4, -0.2) is 38.7 Å². The van der Waals surface area contributed by atoms with Gasteiger partial charge in [-0.2, -0.15) is 0 Å². The number of aliphatic hydroxyl groups is 2. The van der Waals surface area contributed by atoms with E-state index in [0.29, 0.717) is 0 Å². The Morgan fingerprint density at radius 1 is 1.07 bits per heavy atom. The minimum absolute atomic E-state index is 0.00385. The fraction of sp³-hybridized carbons (Fsp3) is 0.667. The molecule has 30 heavy (non-hydrogen) atoms. The Balaban J connectivity index is 1.43. The fourth-order valence-corrected chi connectivity index (χ4v) is 6.47. The van der Waals surface area contributed by atoms with Gasteiger partial charge in [-0.05, 0) is 56.6 Å². The number of anilines is 1. The SMILES string of the molecule is O[C@@H]1CCCC[C@H]1Nc1nnc(C2(O)C=CC=C3CCCC32)c2c1[C@H]1CC[C@@H](C2)O1. The average molecular weight is 410 g/mol. The molecular formula is C24H31N3O3. The molecule has 0 aromatic carbocycles. The lowest BCUT2D eigenvalue weighted by atomic mass is 9.75. The van der Waals surface area contributed by atoms with Crippen LogP contribution < -0.4 is 5.32 Å². The lowest BCUT2D eigenvalue weighted by molar-refractivity contribution is 0.0189. The van der Waals surface area contributed by atoms with Gasteiger partial charge in [-0.1, -0.05) is 30.6 Å². The second-order valence-electron chi connectivity index (χ2n) is 9.79. The van der Waals surface area contributed by atoms with Gasteiger partial charge in [0, 0.05) is 17.9 Å². The minimum atomic E-state index is -1.09. The molecule has 6 nitrogen and oxygen atoms in total. The molecule has 6 atom stereocenters. The van der Waals surface area contributed by atoms with E-state index in [1.165, 1.54) is 5.57 Å². The van der Waals surface area contributed by atoms with Crippen molar-refractivity contribution in [2.45, 2.75) is 94.2 Å². The van der Waals surface area contributed by atoms with Gasteiger partial charge in [0.05, 0.1) is 24.4 Å². The van der Waals surface area contributed by atoms with Crippen molar-refractivity contribution in [3.05, 3.63) is 40.6 Å². The Morgan fingerprint density at radius 3 is 2.87 bits per heavy atom. The third kappa shape index (κ3) is 2.88. The smallest absolute Gasteiger partial charge is 0.155 e. The van der Waals surface area contributed by atoms with E-state index in [1.807, 2.05) is 12.2 Å². The second-order valence-corrected chi connectivity index (χ2v) is 9.79. The van der Waals surface area contributed by atoms with Gasteiger partial charge in [0.2, 0.25) is 0 Å². The van der Waals surface area contributed by atoms with Crippen LogP contribution in [0.2, 0.25) is 0 Å². The van der Waals surface area contributed by atoms with Crippen molar-refractivity contribution in [1.82, 2.24) is 10.2 Å². The van der Waals surface area contributed by atoms with Crippen molar-refractivity contribution in [1.29, 1.82) is 0 Å². The van der Waals surface area contributed by atoms with Gasteiger partial charge < -0.3 is 20.3 Å². The Morgan fingerprint density at radius 2 is 1.97 bits per heavy atom. The largest absolute Gasteiger partial charge is 0.391 e. The van der Waals surface area contributed by atoms with Gasteiger partial charge in [0.25, 0.3) is 0 Å². The van der Waals surface area contributed by atoms with Gasteiger partial charge in [-0.25, -0.2) is 0 Å². The highest BCUT2D eigenvalue weighted by Gasteiger charge is 2.48. The van der Waals surface area contributed by atoms with Crippen molar-refractivity contribution in [2.24, 2.45) is 5.92 Å². The summed E-state index contributed by atoms with van der Waals surface area (Å²) in [5, 5.41) is 35.1. The van der Waals surface area contributed by atoms with Crippen molar-refractivity contribution >= 4 is 5.82 Å². The molecule has 2 bridgehead atoms. The Kier molecular flexibility index (Phi) is 4.52. The summed E-state index contributed by atoms with van der Waals surface area (Å²) in [5.41, 5.74) is 3.16. The summed E-state index contributed by atoms with van der Waals surface area (Å²) in [6.45, 7) is 0. The third-order valence-electron chi connectivity index (χ3n) is 8.01. The molecule has 1 saturated heterocycles. The van der Waals surface area contributed by atoms with E-state index in [4.69, 9.17) is 4.74 Å². The van der Waals surface area contributed by atoms with Crippen LogP contribution in [0.5, 0.6) is 0 Å². The molecule has 3 N–H and O–H groups in total. The van der Waals surface area contributed by atoms with Crippen molar-refractivity contribution in [3.8, 4) is 0 Å². The lowest BCUT2D eigenvalue weighted by Gasteiger charge is -2.38. The maximum absolute atomic E-state index is 11.9. The zero-order valence-corrected chi connectivity index (χ0v) is 17.4. The first-order valence-electron chi connectivity index (χ1n) is 11.7. The molecule has 1 aromatic heterocycles. The van der Waals surface area contributed by atoms with E-state index < -0.39 is 5.60 Å². The second kappa shape index (κ2) is 7.14. The molecule has 6 heteroatoms. The quantitative estimate of drug-likeness (QED) is 0.709. The molecule has 0 spiro atoms. The van der Waals surface area contributed by atoms with Crippen molar-refractivity contribution in [3.63, 3.8) is 0 Å². The van der Waals surface area contributed by atoms with Crippen molar-refractivity contribution < 1.29 is 14.9 Å². The number of nitrogens with zero attached hydrogens (tertiary/aromatic N) is 2. The standard InChI is InChI=1S/C24H31N3O3/c28-19-9-2-1-8-18(19)25-23-21-16(13-15-10-11-20(21)30-15)22(26-27-23)24(29)12-4-6-14-5-3-7-17(14)24/h4,6,12,15,17-20,28-29H,1-3,5,7-11,13H2,(H,25,27)/t15-,17?,18+,19+,20+,24?/m0/s1. The molecule has 6 rings (SSSR count). The molecular weight excluding hydrogens is 378 g/mol. The first-order valence-corrected chi connectivity index (χ1v) is 11.7. The Labute approximate surface area is 177 Å². The molecule has 2 saturated carbocycles. The summed E-state index contributed by atoms with van der Waals surface area (Å²) >= 11 is 0. The number of hydrogen-bond acceptors (Lipinski definition) is 6. The van der Waals surface area contributed by atoms with Crippen LogP contribution in [0.3, 0.4) is 0 Å². The molecule has 0 radical (unpaired) electrons. The molecule has 3 aliphatic carbocycles. The van der Waals surface area contributed by atoms with E-state index in [-0.39, 0.29) is 30.3 Å². The minimum Gasteiger partial charge on any atom is -0.391 e. The van der Waals surface area contributed by atoms with Gasteiger partial charge in [0.15, 0.2) is 5.82 Å². The number of fused-ring (bicyclic) bond motifs is 5. The fourth-order valence-electron chi connectivity index (χ4n) is 6.47. The number of aliphatic hydroxyl groups excluding tert-OH is 1. The number of aromatic nitrogens is 2. The highest BCUT2D eigenvalue weighted by Crippen LogP contribution is 2.51. The molecule has 0 amide bonds.